The second-order valence-electron chi connectivity index (χ2n) is 8.65. The summed E-state index contributed by atoms with van der Waals surface area (Å²) in [6.07, 6.45) is 10.7. The Morgan fingerprint density at radius 1 is 1.11 bits per heavy atom. The van der Waals surface area contributed by atoms with Gasteiger partial charge >= 0.3 is 0 Å². The van der Waals surface area contributed by atoms with Crippen LogP contribution in [0.15, 0.2) is 55.5 Å². The fraction of sp³-hybridized carbons (Fsp3) is 0.160. The number of halogens is 1. The molecule has 4 aromatic heterocycles. The second-order valence-corrected chi connectivity index (χ2v) is 8.65. The maximum absolute atomic E-state index is 15.5. The molecule has 180 valence electrons. The number of carbonyl (C=O) groups is 1. The molecule has 0 radical (unpaired) electrons. The third-order valence-corrected chi connectivity index (χ3v) is 6.38. The lowest BCUT2D eigenvalue weighted by Crippen LogP contribution is -2.25. The Bertz CT molecular complexity index is 1620. The van der Waals surface area contributed by atoms with E-state index in [2.05, 4.69) is 30.7 Å². The Kier molecular flexibility index (Phi) is 5.10. The zero-order valence-electron chi connectivity index (χ0n) is 19.4. The molecule has 0 saturated heterocycles. The van der Waals surface area contributed by atoms with E-state index in [-0.39, 0.29) is 18.1 Å². The van der Waals surface area contributed by atoms with Crippen molar-refractivity contribution in [2.75, 3.05) is 17.6 Å². The van der Waals surface area contributed by atoms with Crippen LogP contribution in [0.3, 0.4) is 0 Å². The summed E-state index contributed by atoms with van der Waals surface area (Å²) >= 11 is 0. The average molecular weight is 484 g/mol. The van der Waals surface area contributed by atoms with Crippen LogP contribution in [-0.4, -0.2) is 41.8 Å². The van der Waals surface area contributed by atoms with Crippen molar-refractivity contribution in [1.82, 2.24) is 34.6 Å². The van der Waals surface area contributed by atoms with Crippen molar-refractivity contribution in [3.63, 3.8) is 0 Å². The molecule has 1 aliphatic rings. The van der Waals surface area contributed by atoms with Gasteiger partial charge in [-0.15, -0.1) is 0 Å². The van der Waals surface area contributed by atoms with E-state index in [9.17, 15) is 4.79 Å². The molecule has 0 bridgehead atoms. The number of nitrogens with one attached hydrogen (secondary N) is 2. The Balaban J connectivity index is 1.39. The van der Waals surface area contributed by atoms with E-state index in [0.29, 0.717) is 46.5 Å². The van der Waals surface area contributed by atoms with Gasteiger partial charge in [0.1, 0.15) is 12.4 Å². The summed E-state index contributed by atoms with van der Waals surface area (Å²) in [6.45, 7) is 2.66. The Hall–Kier alpha value is -4.80. The van der Waals surface area contributed by atoms with Crippen molar-refractivity contribution in [1.29, 1.82) is 0 Å². The topological polar surface area (TPSA) is 129 Å². The summed E-state index contributed by atoms with van der Waals surface area (Å²) in [4.78, 5) is 24.6. The highest BCUT2D eigenvalue weighted by molar-refractivity contribution is 5.98. The highest BCUT2D eigenvalue weighted by atomic mass is 19.1. The molecule has 0 unspecified atom stereocenters. The molecule has 10 nitrogen and oxygen atoms in total. The van der Waals surface area contributed by atoms with Crippen molar-refractivity contribution in [2.24, 2.45) is 0 Å². The number of hydrogen-bond donors (Lipinski definition) is 3. The lowest BCUT2D eigenvalue weighted by atomic mass is 9.97. The van der Waals surface area contributed by atoms with Gasteiger partial charge in [-0.05, 0) is 30.0 Å². The number of nitrogens with zero attached hydrogens (tertiary/aromatic N) is 6. The molecule has 11 heteroatoms. The number of pyridine rings is 2. The minimum Gasteiger partial charge on any atom is -0.396 e. The lowest BCUT2D eigenvalue weighted by molar-refractivity contribution is -0.121. The van der Waals surface area contributed by atoms with E-state index in [4.69, 9.17) is 5.73 Å². The number of fused-ring (bicyclic) bond motifs is 2. The SMILES string of the molecule is Cc1c(-c2cc3cc(Nc4cc5n(n4)CC(=O)NCC5)ncc3c(N)c2F)cncc1-n1ccnc1. The first-order valence-corrected chi connectivity index (χ1v) is 11.4. The van der Waals surface area contributed by atoms with Crippen LogP contribution in [0.1, 0.15) is 11.3 Å². The molecule has 5 heterocycles. The fourth-order valence-corrected chi connectivity index (χ4v) is 4.52. The van der Waals surface area contributed by atoms with Crippen LogP contribution in [0.25, 0.3) is 27.6 Å². The van der Waals surface area contributed by atoms with Crippen LogP contribution in [0.5, 0.6) is 0 Å². The smallest absolute Gasteiger partial charge is 0.241 e. The normalized spacial score (nSPS) is 13.3. The summed E-state index contributed by atoms with van der Waals surface area (Å²) in [6, 6.07) is 5.45. The van der Waals surface area contributed by atoms with Crippen molar-refractivity contribution in [3.05, 3.63) is 72.6 Å². The molecule has 6 rings (SSSR count). The van der Waals surface area contributed by atoms with Crippen molar-refractivity contribution >= 4 is 34.0 Å². The first-order chi connectivity index (χ1) is 17.5. The minimum absolute atomic E-state index is 0.0219. The molecule has 36 heavy (non-hydrogen) atoms. The van der Waals surface area contributed by atoms with E-state index >= 15 is 4.39 Å². The molecule has 4 N–H and O–H groups in total. The zero-order valence-corrected chi connectivity index (χ0v) is 19.4. The molecule has 0 aliphatic carbocycles. The van der Waals surface area contributed by atoms with Crippen LogP contribution in [-0.2, 0) is 17.8 Å². The highest BCUT2D eigenvalue weighted by Gasteiger charge is 2.19. The largest absolute Gasteiger partial charge is 0.396 e. The number of imidazole rings is 1. The minimum atomic E-state index is -0.520. The van der Waals surface area contributed by atoms with Crippen LogP contribution in [0.4, 0.5) is 21.7 Å². The van der Waals surface area contributed by atoms with Gasteiger partial charge < -0.3 is 20.9 Å². The lowest BCUT2D eigenvalue weighted by Gasteiger charge is -2.15. The van der Waals surface area contributed by atoms with Gasteiger partial charge in [0.2, 0.25) is 5.91 Å². The van der Waals surface area contributed by atoms with E-state index < -0.39 is 5.82 Å². The van der Waals surface area contributed by atoms with E-state index in [1.807, 2.05) is 23.8 Å². The second kappa shape index (κ2) is 8.45. The standard InChI is InChI=1S/C25H22FN9O/c1-14-18(9-29-11-20(14)34-5-4-28-13-34)17-6-15-7-21(31-10-19(15)25(27)24(17)26)32-22-8-16-2-3-30-23(36)12-35(16)33-22/h4-11,13H,2-3,12,27H2,1H3,(H,30,36)(H,31,32,33). The maximum Gasteiger partial charge on any atom is 0.241 e. The first kappa shape index (κ1) is 21.7. The molecule has 0 atom stereocenters. The molecule has 1 aliphatic heterocycles. The van der Waals surface area contributed by atoms with Gasteiger partial charge in [-0.1, -0.05) is 0 Å². The van der Waals surface area contributed by atoms with E-state index in [0.717, 1.165) is 16.9 Å². The Labute approximate surface area is 205 Å². The summed E-state index contributed by atoms with van der Waals surface area (Å²) in [7, 11) is 0. The third-order valence-electron chi connectivity index (χ3n) is 6.38. The number of carbonyl (C=O) groups excluding carboxylic acids is 1. The van der Waals surface area contributed by atoms with Gasteiger partial charge in [-0.3, -0.25) is 14.5 Å². The number of nitrogens with two attached hydrogens (primary N) is 1. The van der Waals surface area contributed by atoms with Gasteiger partial charge in [0.15, 0.2) is 11.6 Å². The van der Waals surface area contributed by atoms with Crippen LogP contribution in [0.2, 0.25) is 0 Å². The number of rotatable bonds is 4. The van der Waals surface area contributed by atoms with Gasteiger partial charge in [0, 0.05) is 66.0 Å². The number of aromatic nitrogens is 6. The van der Waals surface area contributed by atoms with E-state index in [1.165, 1.54) is 0 Å². The van der Waals surface area contributed by atoms with Crippen LogP contribution in [0, 0.1) is 12.7 Å². The van der Waals surface area contributed by atoms with Crippen molar-refractivity contribution in [2.45, 2.75) is 19.9 Å². The molecule has 0 fully saturated rings. The summed E-state index contributed by atoms with van der Waals surface area (Å²) in [5.74, 6) is 0.516. The predicted molar refractivity (Wildman–Crippen MR) is 133 cm³/mol. The summed E-state index contributed by atoms with van der Waals surface area (Å²) in [5.41, 5.74) is 9.81. The van der Waals surface area contributed by atoms with E-state index in [1.54, 1.807) is 47.9 Å². The van der Waals surface area contributed by atoms with Gasteiger partial charge in [0.25, 0.3) is 0 Å². The number of hydrogen-bond acceptors (Lipinski definition) is 7. The number of nitrogen functional groups attached to an aromatic ring is 1. The third kappa shape index (κ3) is 3.70. The van der Waals surface area contributed by atoms with Gasteiger partial charge in [-0.2, -0.15) is 5.10 Å². The number of amides is 1. The first-order valence-electron chi connectivity index (χ1n) is 11.4. The maximum atomic E-state index is 15.5. The summed E-state index contributed by atoms with van der Waals surface area (Å²) < 4.78 is 19.0. The Morgan fingerprint density at radius 3 is 2.83 bits per heavy atom. The molecule has 5 aromatic rings. The summed E-state index contributed by atoms with van der Waals surface area (Å²) in [5, 5.41) is 11.7. The molecule has 0 saturated carbocycles. The van der Waals surface area contributed by atoms with Gasteiger partial charge in [-0.25, -0.2) is 14.4 Å². The monoisotopic (exact) mass is 483 g/mol. The van der Waals surface area contributed by atoms with Crippen molar-refractivity contribution in [3.8, 4) is 16.8 Å². The molecular weight excluding hydrogens is 461 g/mol. The van der Waals surface area contributed by atoms with Gasteiger partial charge in [0.05, 0.1) is 23.9 Å². The van der Waals surface area contributed by atoms with Crippen LogP contribution >= 0.6 is 0 Å². The quantitative estimate of drug-likeness (QED) is 0.335. The zero-order chi connectivity index (χ0) is 24.8. The van der Waals surface area contributed by atoms with Crippen LogP contribution < -0.4 is 16.4 Å². The number of benzene rings is 1. The molecule has 1 amide bonds. The predicted octanol–water partition coefficient (Wildman–Crippen LogP) is 3.12. The Morgan fingerprint density at radius 2 is 2.00 bits per heavy atom. The fourth-order valence-electron chi connectivity index (χ4n) is 4.52. The molecule has 0 spiro atoms. The molecular formula is C25H22FN9O. The molecule has 1 aromatic carbocycles. The highest BCUT2D eigenvalue weighted by Crippen LogP contribution is 2.36. The number of anilines is 3. The van der Waals surface area contributed by atoms with Crippen molar-refractivity contribution < 1.29 is 9.18 Å². The average Bonchev–Trinajstić information content (AvgIpc) is 3.49.